The normalized spacial score (nSPS) is 26.4. The number of aliphatic imine (C=N–C) groups is 1. The Bertz CT molecular complexity index is 1120. The molecule has 1 aromatic rings. The average Bonchev–Trinajstić information content (AvgIpc) is 3.47. The minimum Gasteiger partial charge on any atom is -0.475 e. The van der Waals surface area contributed by atoms with E-state index in [0.29, 0.717) is 35.5 Å². The molecule has 4 rings (SSSR count). The summed E-state index contributed by atoms with van der Waals surface area (Å²) in [6.45, 7) is 4.33. The molecule has 4 atom stereocenters. The highest BCUT2D eigenvalue weighted by atomic mass is 35.5. The summed E-state index contributed by atoms with van der Waals surface area (Å²) in [6.07, 6.45) is -4.73. The van der Waals surface area contributed by atoms with Crippen molar-refractivity contribution >= 4 is 52.3 Å². The number of carboxylic acids is 1. The number of hydrogen-bond donors (Lipinski definition) is 1. The molecule has 0 aromatic heterocycles. The Morgan fingerprint density at radius 1 is 1.22 bits per heavy atom. The topological polar surface area (TPSA) is 117 Å². The number of hydrogen-bond acceptors (Lipinski definition) is 8. The van der Waals surface area contributed by atoms with E-state index in [-0.39, 0.29) is 17.9 Å². The summed E-state index contributed by atoms with van der Waals surface area (Å²) in [5.74, 6) is -4.41. The summed E-state index contributed by atoms with van der Waals surface area (Å²) in [5.41, 5.74) is -0.150. The molecule has 3 aliphatic heterocycles. The molecule has 0 spiro atoms. The molecule has 0 unspecified atom stereocenters. The summed E-state index contributed by atoms with van der Waals surface area (Å²) in [4.78, 5) is 56.1. The molecule has 1 aromatic carbocycles. The number of carbonyl (C=O) groups is 4. The monoisotopic (exact) mass is 563 g/mol. The molecule has 3 heterocycles. The van der Waals surface area contributed by atoms with Crippen LogP contribution in [-0.4, -0.2) is 81.8 Å². The van der Waals surface area contributed by atoms with Gasteiger partial charge in [-0.1, -0.05) is 42.4 Å². The second kappa shape index (κ2) is 10.9. The van der Waals surface area contributed by atoms with Crippen molar-refractivity contribution in [3.63, 3.8) is 0 Å². The van der Waals surface area contributed by atoms with Gasteiger partial charge < -0.3 is 14.7 Å². The lowest BCUT2D eigenvalue weighted by molar-refractivity contribution is -0.192. The maximum absolute atomic E-state index is 13.2. The van der Waals surface area contributed by atoms with Gasteiger partial charge in [0.25, 0.3) is 0 Å². The first-order valence-corrected chi connectivity index (χ1v) is 12.7. The summed E-state index contributed by atoms with van der Waals surface area (Å²) >= 11 is 7.47. The third kappa shape index (κ3) is 5.02. The first-order chi connectivity index (χ1) is 17.3. The molecule has 14 heteroatoms. The number of esters is 1. The van der Waals surface area contributed by atoms with E-state index in [2.05, 4.69) is 4.99 Å². The van der Waals surface area contributed by atoms with E-state index in [1.165, 1.54) is 23.8 Å². The number of alkyl halides is 3. The van der Waals surface area contributed by atoms with Crippen molar-refractivity contribution in [2.45, 2.75) is 43.8 Å². The van der Waals surface area contributed by atoms with Crippen molar-refractivity contribution in [3.8, 4) is 0 Å². The molecule has 0 aliphatic carbocycles. The van der Waals surface area contributed by atoms with E-state index >= 15 is 0 Å². The Labute approximate surface area is 220 Å². The van der Waals surface area contributed by atoms with Gasteiger partial charge in [-0.25, -0.2) is 9.59 Å². The summed E-state index contributed by atoms with van der Waals surface area (Å²) in [7, 11) is 1.33. The Kier molecular flexibility index (Phi) is 8.47. The fraction of sp³-hybridized carbons (Fsp3) is 0.522. The molecule has 9 nitrogen and oxygen atoms in total. The highest BCUT2D eigenvalue weighted by Gasteiger charge is 2.73. The summed E-state index contributed by atoms with van der Waals surface area (Å²) < 4.78 is 36.9. The number of fused-ring (bicyclic) bond motifs is 3. The van der Waals surface area contributed by atoms with Crippen molar-refractivity contribution < 1.29 is 42.2 Å². The predicted molar refractivity (Wildman–Crippen MR) is 129 cm³/mol. The Morgan fingerprint density at radius 2 is 1.81 bits per heavy atom. The number of rotatable bonds is 5. The highest BCUT2D eigenvalue weighted by Crippen LogP contribution is 2.53. The minimum absolute atomic E-state index is 0.208. The van der Waals surface area contributed by atoms with Gasteiger partial charge in [-0.15, -0.1) is 0 Å². The van der Waals surface area contributed by atoms with Gasteiger partial charge in [0.05, 0.1) is 31.5 Å². The summed E-state index contributed by atoms with van der Waals surface area (Å²) in [6, 6.07) is 7.24. The van der Waals surface area contributed by atoms with Crippen LogP contribution >= 0.6 is 23.4 Å². The van der Waals surface area contributed by atoms with Crippen LogP contribution in [0.1, 0.15) is 25.8 Å². The number of halogens is 4. The summed E-state index contributed by atoms with van der Waals surface area (Å²) in [5, 5.41) is 8.47. The van der Waals surface area contributed by atoms with Crippen LogP contribution in [-0.2, 0) is 29.7 Å². The van der Waals surface area contributed by atoms with E-state index in [1.54, 1.807) is 6.92 Å². The smallest absolute Gasteiger partial charge is 0.475 e. The number of benzene rings is 1. The van der Waals surface area contributed by atoms with Gasteiger partial charge in [-0.05, 0) is 31.0 Å². The molecule has 0 saturated carbocycles. The van der Waals surface area contributed by atoms with Gasteiger partial charge in [-0.2, -0.15) is 13.2 Å². The Morgan fingerprint density at radius 3 is 2.30 bits per heavy atom. The van der Waals surface area contributed by atoms with Gasteiger partial charge in [-0.3, -0.25) is 19.5 Å². The molecule has 1 N–H and O–H groups in total. The lowest BCUT2D eigenvalue weighted by Gasteiger charge is -2.39. The van der Waals surface area contributed by atoms with Gasteiger partial charge in [0.2, 0.25) is 11.8 Å². The first-order valence-electron chi connectivity index (χ1n) is 11.3. The quantitative estimate of drug-likeness (QED) is 0.429. The van der Waals surface area contributed by atoms with E-state index in [1.807, 2.05) is 36.1 Å². The average molecular weight is 564 g/mol. The maximum atomic E-state index is 13.2. The number of carboxylic acid groups (broad SMARTS) is 1. The molecule has 2 fully saturated rings. The molecular weight excluding hydrogens is 539 g/mol. The zero-order valence-corrected chi connectivity index (χ0v) is 21.7. The largest absolute Gasteiger partial charge is 0.490 e. The lowest BCUT2D eigenvalue weighted by Crippen LogP contribution is -2.59. The number of amidine groups is 1. The molecule has 2 saturated heterocycles. The minimum atomic E-state index is -5.08. The van der Waals surface area contributed by atoms with Crippen molar-refractivity contribution in [1.82, 2.24) is 9.80 Å². The van der Waals surface area contributed by atoms with Crippen LogP contribution in [0.15, 0.2) is 29.3 Å². The van der Waals surface area contributed by atoms with Gasteiger partial charge in [0.15, 0.2) is 10.7 Å². The van der Waals surface area contributed by atoms with Crippen molar-refractivity contribution in [2.75, 3.05) is 20.2 Å². The highest BCUT2D eigenvalue weighted by molar-refractivity contribution is 8.13. The van der Waals surface area contributed by atoms with Crippen LogP contribution in [0.25, 0.3) is 0 Å². The second-order valence-electron chi connectivity index (χ2n) is 8.47. The van der Waals surface area contributed by atoms with Crippen molar-refractivity contribution in [2.24, 2.45) is 16.8 Å². The van der Waals surface area contributed by atoms with E-state index in [4.69, 9.17) is 26.2 Å². The van der Waals surface area contributed by atoms with Crippen LogP contribution in [0, 0.1) is 11.8 Å². The number of likely N-dealkylation sites (tertiary alicyclic amines) is 1. The van der Waals surface area contributed by atoms with Gasteiger partial charge in [0.1, 0.15) is 0 Å². The van der Waals surface area contributed by atoms with Gasteiger partial charge >= 0.3 is 18.1 Å². The Hall–Kier alpha value is -2.80. The lowest BCUT2D eigenvalue weighted by atomic mass is 9.78. The van der Waals surface area contributed by atoms with Gasteiger partial charge in [0, 0.05) is 17.3 Å². The second-order valence-corrected chi connectivity index (χ2v) is 9.85. The number of carbonyl (C=O) groups excluding carboxylic acids is 3. The molecule has 0 radical (unpaired) electrons. The molecule has 37 heavy (non-hydrogen) atoms. The standard InChI is InChI=1S/C21H24ClN3O4S.C2HF3O2/c1-4-21(19(28)29-3)16-15(17(26)24(5-2)18(16)27)14-10-23-20(25(14)21)30-11-12-6-8-13(22)9-7-12;3-2(4,5)1(6)7/h6-9,14-16H,4-5,10-11H2,1-3H3;(H,6,7)/t14-,15+,16-,21-;/m1./s1. The molecular formula is C23H25ClF3N3O6S. The third-order valence-electron chi connectivity index (χ3n) is 6.67. The van der Waals surface area contributed by atoms with E-state index < -0.39 is 35.5 Å². The fourth-order valence-electron chi connectivity index (χ4n) is 5.09. The number of ether oxygens (including phenoxy) is 1. The maximum Gasteiger partial charge on any atom is 0.490 e. The third-order valence-corrected chi connectivity index (χ3v) is 7.98. The number of amides is 2. The van der Waals surface area contributed by atoms with Crippen LogP contribution < -0.4 is 0 Å². The predicted octanol–water partition coefficient (Wildman–Crippen LogP) is 3.20. The fourth-order valence-corrected chi connectivity index (χ4v) is 6.31. The molecule has 202 valence electrons. The number of thioether (sulfide) groups is 1. The van der Waals surface area contributed by atoms with Crippen molar-refractivity contribution in [1.29, 1.82) is 0 Å². The van der Waals surface area contributed by atoms with Crippen LogP contribution in [0.4, 0.5) is 13.2 Å². The van der Waals surface area contributed by atoms with E-state index in [9.17, 15) is 27.6 Å². The number of imide groups is 1. The van der Waals surface area contributed by atoms with E-state index in [0.717, 1.165) is 5.56 Å². The molecule has 0 bridgehead atoms. The zero-order chi connectivity index (χ0) is 27.7. The Balaban J connectivity index is 0.000000479. The first kappa shape index (κ1) is 28.8. The zero-order valence-electron chi connectivity index (χ0n) is 20.1. The SMILES string of the molecule is CCN1C(=O)[C@H]2[C@H]3CN=C(SCc4ccc(Cl)cc4)N3[C@@](CC)(C(=O)OC)[C@H]2C1=O.O=C(O)C(F)(F)F. The van der Waals surface area contributed by atoms with Crippen LogP contribution in [0.2, 0.25) is 5.02 Å². The number of nitrogens with zero attached hydrogens (tertiary/aromatic N) is 3. The molecule has 2 amide bonds. The molecule has 3 aliphatic rings. The number of methoxy groups -OCH3 is 1. The van der Waals surface area contributed by atoms with Crippen LogP contribution in [0.3, 0.4) is 0 Å². The van der Waals surface area contributed by atoms with Crippen molar-refractivity contribution in [3.05, 3.63) is 34.9 Å². The number of aliphatic carboxylic acids is 1. The van der Waals surface area contributed by atoms with Crippen LogP contribution in [0.5, 0.6) is 0 Å².